The maximum Gasteiger partial charge on any atom is 0.412 e. The zero-order chi connectivity index (χ0) is 20.6. The summed E-state index contributed by atoms with van der Waals surface area (Å²) in [5, 5.41) is 23.2. The molecule has 0 radical (unpaired) electrons. The van der Waals surface area contributed by atoms with E-state index in [4.69, 9.17) is 4.74 Å². The first-order valence-electron chi connectivity index (χ1n) is 8.64. The molecule has 11 heteroatoms. The van der Waals surface area contributed by atoms with Gasteiger partial charge >= 0.3 is 12.1 Å². The topological polar surface area (TPSA) is 142 Å². The number of urea groups is 1. The molecular weight excluding hydrogens is 372 g/mol. The van der Waals surface area contributed by atoms with Crippen LogP contribution in [0.2, 0.25) is 0 Å². The van der Waals surface area contributed by atoms with E-state index in [-0.39, 0.29) is 25.3 Å². The molecular formula is C17H20N4O7. The van der Waals surface area contributed by atoms with Crippen molar-refractivity contribution in [3.05, 3.63) is 39.9 Å². The molecule has 4 amide bonds. The van der Waals surface area contributed by atoms with Crippen LogP contribution >= 0.6 is 0 Å². The number of non-ortho nitro benzene ring substituents is 1. The summed E-state index contributed by atoms with van der Waals surface area (Å²) in [7, 11) is 0. The molecule has 0 aromatic heterocycles. The van der Waals surface area contributed by atoms with E-state index in [0.29, 0.717) is 5.56 Å². The SMILES string of the molecule is CC1NC(=O)N([C@]2(C)C[C@@H](O)CN2C(=O)OCc2ccc([N+](=O)[O-])cc2)C1=O. The molecule has 1 unspecified atom stereocenters. The van der Waals surface area contributed by atoms with Crippen molar-refractivity contribution >= 4 is 23.7 Å². The van der Waals surface area contributed by atoms with Crippen LogP contribution in [0.25, 0.3) is 0 Å². The Morgan fingerprint density at radius 2 is 2.04 bits per heavy atom. The van der Waals surface area contributed by atoms with Gasteiger partial charge in [0, 0.05) is 18.6 Å². The fraction of sp³-hybridized carbons (Fsp3) is 0.471. The summed E-state index contributed by atoms with van der Waals surface area (Å²) in [6, 6.07) is 4.15. The Bertz CT molecular complexity index is 827. The number of amides is 4. The van der Waals surface area contributed by atoms with Crippen LogP contribution in [0, 0.1) is 10.1 Å². The molecule has 0 aliphatic carbocycles. The maximum absolute atomic E-state index is 12.6. The summed E-state index contributed by atoms with van der Waals surface area (Å²) in [6.07, 6.45) is -1.73. The van der Waals surface area contributed by atoms with Crippen LogP contribution in [0.4, 0.5) is 15.3 Å². The Morgan fingerprint density at radius 1 is 1.39 bits per heavy atom. The monoisotopic (exact) mass is 392 g/mol. The van der Waals surface area contributed by atoms with Gasteiger partial charge in [-0.1, -0.05) is 0 Å². The van der Waals surface area contributed by atoms with Crippen molar-refractivity contribution in [1.29, 1.82) is 0 Å². The van der Waals surface area contributed by atoms with Gasteiger partial charge in [-0.05, 0) is 31.5 Å². The van der Waals surface area contributed by atoms with Gasteiger partial charge in [0.25, 0.3) is 11.6 Å². The van der Waals surface area contributed by atoms with Gasteiger partial charge in [-0.2, -0.15) is 0 Å². The number of hydrogen-bond acceptors (Lipinski definition) is 7. The van der Waals surface area contributed by atoms with Crippen LogP contribution < -0.4 is 5.32 Å². The number of nitro groups is 1. The highest BCUT2D eigenvalue weighted by molar-refractivity contribution is 6.05. The van der Waals surface area contributed by atoms with Crippen LogP contribution in [-0.4, -0.2) is 62.2 Å². The molecule has 2 N–H and O–H groups in total. The highest BCUT2D eigenvalue weighted by atomic mass is 16.6. The number of carbonyl (C=O) groups excluding carboxylic acids is 3. The van der Waals surface area contributed by atoms with Gasteiger partial charge in [0.15, 0.2) is 0 Å². The number of rotatable bonds is 4. The molecule has 28 heavy (non-hydrogen) atoms. The minimum atomic E-state index is -1.36. The number of ether oxygens (including phenoxy) is 1. The predicted molar refractivity (Wildman–Crippen MR) is 93.9 cm³/mol. The number of aliphatic hydroxyl groups excluding tert-OH is 1. The number of benzene rings is 1. The Morgan fingerprint density at radius 3 is 2.57 bits per heavy atom. The lowest BCUT2D eigenvalue weighted by atomic mass is 10.1. The molecule has 2 heterocycles. The lowest BCUT2D eigenvalue weighted by Crippen LogP contribution is -2.59. The number of β-amino-alcohol motifs (C(OH)–C–C–N with tert-alkyl or cyclic N) is 1. The molecule has 150 valence electrons. The number of hydrogen-bond donors (Lipinski definition) is 2. The van der Waals surface area contributed by atoms with Crippen LogP contribution in [0.5, 0.6) is 0 Å². The van der Waals surface area contributed by atoms with E-state index in [1.54, 1.807) is 0 Å². The van der Waals surface area contributed by atoms with Crippen LogP contribution in [-0.2, 0) is 16.1 Å². The van der Waals surface area contributed by atoms with Crippen molar-refractivity contribution in [1.82, 2.24) is 15.1 Å². The van der Waals surface area contributed by atoms with Gasteiger partial charge in [-0.15, -0.1) is 0 Å². The quantitative estimate of drug-likeness (QED) is 0.441. The molecule has 11 nitrogen and oxygen atoms in total. The summed E-state index contributed by atoms with van der Waals surface area (Å²) in [5.41, 5.74) is -0.917. The number of likely N-dealkylation sites (tertiary alicyclic amines) is 1. The van der Waals surface area contributed by atoms with E-state index in [1.165, 1.54) is 38.1 Å². The Kier molecular flexibility index (Phi) is 4.94. The minimum Gasteiger partial charge on any atom is -0.444 e. The molecule has 0 saturated carbocycles. The van der Waals surface area contributed by atoms with E-state index in [9.17, 15) is 29.6 Å². The molecule has 0 spiro atoms. The number of aliphatic hydroxyl groups is 1. The highest BCUT2D eigenvalue weighted by Gasteiger charge is 2.56. The van der Waals surface area contributed by atoms with E-state index in [0.717, 1.165) is 9.80 Å². The summed E-state index contributed by atoms with van der Waals surface area (Å²) < 4.78 is 5.25. The van der Waals surface area contributed by atoms with Gasteiger partial charge in [-0.25, -0.2) is 14.5 Å². The molecule has 1 aromatic rings. The molecule has 2 fully saturated rings. The van der Waals surface area contributed by atoms with Crippen LogP contribution in [0.15, 0.2) is 24.3 Å². The first-order valence-corrected chi connectivity index (χ1v) is 8.64. The summed E-state index contributed by atoms with van der Waals surface area (Å²) >= 11 is 0. The molecule has 2 saturated heterocycles. The normalized spacial score (nSPS) is 27.1. The first kappa shape index (κ1) is 19.5. The fourth-order valence-electron chi connectivity index (χ4n) is 3.51. The van der Waals surface area contributed by atoms with E-state index < -0.39 is 40.8 Å². The second-order valence-corrected chi connectivity index (χ2v) is 7.01. The molecule has 1 aromatic carbocycles. The van der Waals surface area contributed by atoms with E-state index in [1.807, 2.05) is 0 Å². The van der Waals surface area contributed by atoms with Gasteiger partial charge < -0.3 is 15.2 Å². The Balaban J connectivity index is 1.73. The number of nitrogens with one attached hydrogen (secondary N) is 1. The van der Waals surface area contributed by atoms with Gasteiger partial charge in [0.2, 0.25) is 0 Å². The minimum absolute atomic E-state index is 0.00547. The first-order chi connectivity index (χ1) is 13.1. The molecule has 0 bridgehead atoms. The largest absolute Gasteiger partial charge is 0.444 e. The summed E-state index contributed by atoms with van der Waals surface area (Å²) in [5.74, 6) is -0.491. The van der Waals surface area contributed by atoms with Crippen LogP contribution in [0.3, 0.4) is 0 Å². The highest BCUT2D eigenvalue weighted by Crippen LogP contribution is 2.35. The second kappa shape index (κ2) is 7.08. The molecule has 2 aliphatic rings. The number of imide groups is 1. The van der Waals surface area contributed by atoms with Crippen molar-refractivity contribution in [2.24, 2.45) is 0 Å². The van der Waals surface area contributed by atoms with Crippen molar-refractivity contribution in [2.75, 3.05) is 6.54 Å². The zero-order valence-electron chi connectivity index (χ0n) is 15.3. The zero-order valence-corrected chi connectivity index (χ0v) is 15.3. The van der Waals surface area contributed by atoms with Crippen molar-refractivity contribution in [3.8, 4) is 0 Å². The average Bonchev–Trinajstić information content (AvgIpc) is 3.08. The fourth-order valence-corrected chi connectivity index (χ4v) is 3.51. The third-order valence-corrected chi connectivity index (χ3v) is 4.94. The van der Waals surface area contributed by atoms with Gasteiger partial charge in [0.05, 0.1) is 17.6 Å². The molecule has 2 aliphatic heterocycles. The Hall–Kier alpha value is -3.21. The smallest absolute Gasteiger partial charge is 0.412 e. The summed E-state index contributed by atoms with van der Waals surface area (Å²) in [6.45, 7) is 2.80. The third-order valence-electron chi connectivity index (χ3n) is 4.94. The van der Waals surface area contributed by atoms with Crippen molar-refractivity contribution in [3.63, 3.8) is 0 Å². The lowest BCUT2D eigenvalue weighted by Gasteiger charge is -2.39. The van der Waals surface area contributed by atoms with Crippen molar-refractivity contribution < 1.29 is 29.2 Å². The third kappa shape index (κ3) is 3.36. The van der Waals surface area contributed by atoms with Gasteiger partial charge in [0.1, 0.15) is 18.3 Å². The van der Waals surface area contributed by atoms with Gasteiger partial charge in [-0.3, -0.25) is 19.8 Å². The molecule has 3 rings (SSSR count). The second-order valence-electron chi connectivity index (χ2n) is 7.01. The number of nitrogens with zero attached hydrogens (tertiary/aromatic N) is 3. The Labute approximate surface area is 160 Å². The lowest BCUT2D eigenvalue weighted by molar-refractivity contribution is -0.384. The van der Waals surface area contributed by atoms with Crippen molar-refractivity contribution in [2.45, 2.75) is 44.7 Å². The van der Waals surface area contributed by atoms with E-state index >= 15 is 0 Å². The summed E-state index contributed by atoms with van der Waals surface area (Å²) in [4.78, 5) is 49.4. The average molecular weight is 392 g/mol. The predicted octanol–water partition coefficient (Wildman–Crippen LogP) is 0.955. The van der Waals surface area contributed by atoms with Crippen LogP contribution in [0.1, 0.15) is 25.8 Å². The van der Waals surface area contributed by atoms with E-state index in [2.05, 4.69) is 5.32 Å². The maximum atomic E-state index is 12.6. The molecule has 3 atom stereocenters. The number of nitro benzene ring substituents is 1. The standard InChI is InChI=1S/C17H20N4O7/c1-10-14(23)20(15(24)18-10)17(2)7-13(22)8-19(17)16(25)28-9-11-3-5-12(6-4-11)21(26)27/h3-6,10,13,22H,7-9H2,1-2H3,(H,18,24)/t10?,13-,17-/m1/s1. The number of carbonyl (C=O) groups is 3.